The zero-order valence-corrected chi connectivity index (χ0v) is 11.7. The number of nitrogen functional groups attached to an aromatic ring is 1. The monoisotopic (exact) mass is 304 g/mol. The van der Waals surface area contributed by atoms with Crippen molar-refractivity contribution in [2.24, 2.45) is 0 Å². The standard InChI is InChI=1S/C12H19F3N6/c13-12(14,15)5-4-6-17-10-18-9(16)19-11(20-10)21-7-2-1-3-8-21/h1-8H2,(H3,16,17,18,19,20). The zero-order valence-electron chi connectivity index (χ0n) is 11.7. The minimum atomic E-state index is -4.14. The summed E-state index contributed by atoms with van der Waals surface area (Å²) in [6.45, 7) is 1.86. The number of nitrogens with two attached hydrogens (primary N) is 1. The van der Waals surface area contributed by atoms with Gasteiger partial charge in [0.1, 0.15) is 0 Å². The molecule has 1 saturated heterocycles. The van der Waals surface area contributed by atoms with Crippen molar-refractivity contribution in [1.29, 1.82) is 0 Å². The molecule has 21 heavy (non-hydrogen) atoms. The molecule has 0 radical (unpaired) electrons. The van der Waals surface area contributed by atoms with E-state index in [1.54, 1.807) is 0 Å². The highest BCUT2D eigenvalue weighted by Crippen LogP contribution is 2.21. The second kappa shape index (κ2) is 6.77. The van der Waals surface area contributed by atoms with Crippen LogP contribution in [0.1, 0.15) is 32.1 Å². The molecule has 118 valence electrons. The zero-order chi connectivity index (χ0) is 15.3. The van der Waals surface area contributed by atoms with E-state index in [1.807, 2.05) is 4.90 Å². The third-order valence-electron chi connectivity index (χ3n) is 3.20. The van der Waals surface area contributed by atoms with Crippen molar-refractivity contribution in [2.75, 3.05) is 35.6 Å². The Morgan fingerprint density at radius 1 is 1.10 bits per heavy atom. The second-order valence-corrected chi connectivity index (χ2v) is 5.01. The molecule has 1 aromatic rings. The lowest BCUT2D eigenvalue weighted by Crippen LogP contribution is -2.31. The maximum atomic E-state index is 12.1. The summed E-state index contributed by atoms with van der Waals surface area (Å²) in [5, 5.41) is 2.77. The number of nitrogens with one attached hydrogen (secondary N) is 1. The van der Waals surface area contributed by atoms with E-state index in [0.29, 0.717) is 5.95 Å². The van der Waals surface area contributed by atoms with Crippen molar-refractivity contribution in [3.63, 3.8) is 0 Å². The van der Waals surface area contributed by atoms with Gasteiger partial charge in [-0.15, -0.1) is 0 Å². The van der Waals surface area contributed by atoms with Gasteiger partial charge in [0.05, 0.1) is 0 Å². The molecule has 1 aliphatic heterocycles. The van der Waals surface area contributed by atoms with Crippen molar-refractivity contribution in [2.45, 2.75) is 38.3 Å². The Morgan fingerprint density at radius 2 is 1.81 bits per heavy atom. The number of nitrogens with zero attached hydrogens (tertiary/aromatic N) is 4. The van der Waals surface area contributed by atoms with E-state index in [0.717, 1.165) is 25.9 Å². The van der Waals surface area contributed by atoms with E-state index >= 15 is 0 Å². The summed E-state index contributed by atoms with van der Waals surface area (Å²) >= 11 is 0. The number of aromatic nitrogens is 3. The van der Waals surface area contributed by atoms with Crippen LogP contribution in [0.5, 0.6) is 0 Å². The van der Waals surface area contributed by atoms with Crippen LogP contribution >= 0.6 is 0 Å². The van der Waals surface area contributed by atoms with Gasteiger partial charge in [-0.3, -0.25) is 0 Å². The Kier molecular flexibility index (Phi) is 5.03. The molecule has 2 rings (SSSR count). The minimum Gasteiger partial charge on any atom is -0.368 e. The Balaban J connectivity index is 1.92. The van der Waals surface area contributed by atoms with E-state index < -0.39 is 12.6 Å². The number of rotatable bonds is 5. The lowest BCUT2D eigenvalue weighted by atomic mass is 10.1. The SMILES string of the molecule is Nc1nc(NCCCC(F)(F)F)nc(N2CCCCC2)n1. The van der Waals surface area contributed by atoms with Crippen molar-refractivity contribution in [3.05, 3.63) is 0 Å². The number of hydrogen-bond acceptors (Lipinski definition) is 6. The normalized spacial score (nSPS) is 16.0. The number of alkyl halides is 3. The predicted molar refractivity (Wildman–Crippen MR) is 74.1 cm³/mol. The lowest BCUT2D eigenvalue weighted by molar-refractivity contribution is -0.134. The molecule has 0 aromatic carbocycles. The summed E-state index contributed by atoms with van der Waals surface area (Å²) in [5.74, 6) is 0.787. The molecule has 9 heteroatoms. The van der Waals surface area contributed by atoms with Gasteiger partial charge < -0.3 is 16.0 Å². The Morgan fingerprint density at radius 3 is 2.48 bits per heavy atom. The van der Waals surface area contributed by atoms with Gasteiger partial charge in [-0.05, 0) is 25.7 Å². The maximum absolute atomic E-state index is 12.1. The van der Waals surface area contributed by atoms with E-state index in [1.165, 1.54) is 6.42 Å². The number of halogens is 3. The summed E-state index contributed by atoms with van der Waals surface area (Å²) in [7, 11) is 0. The van der Waals surface area contributed by atoms with Crippen LogP contribution in [0.15, 0.2) is 0 Å². The summed E-state index contributed by atoms with van der Waals surface area (Å²) in [6, 6.07) is 0. The highest BCUT2D eigenvalue weighted by molar-refractivity contribution is 5.42. The molecule has 0 spiro atoms. The molecule has 1 aliphatic rings. The highest BCUT2D eigenvalue weighted by Gasteiger charge is 2.26. The van der Waals surface area contributed by atoms with E-state index in [2.05, 4.69) is 20.3 Å². The molecule has 0 bridgehead atoms. The molecular weight excluding hydrogens is 285 g/mol. The smallest absolute Gasteiger partial charge is 0.368 e. The first kappa shape index (κ1) is 15.6. The van der Waals surface area contributed by atoms with Crippen LogP contribution in [-0.2, 0) is 0 Å². The summed E-state index contributed by atoms with van der Waals surface area (Å²) in [4.78, 5) is 14.2. The average molecular weight is 304 g/mol. The van der Waals surface area contributed by atoms with Gasteiger partial charge in [0, 0.05) is 26.1 Å². The second-order valence-electron chi connectivity index (χ2n) is 5.01. The fourth-order valence-corrected chi connectivity index (χ4v) is 2.18. The Bertz CT molecular complexity index is 459. The molecule has 0 saturated carbocycles. The van der Waals surface area contributed by atoms with Crippen molar-refractivity contribution >= 4 is 17.8 Å². The van der Waals surface area contributed by atoms with Gasteiger partial charge in [-0.25, -0.2) is 0 Å². The van der Waals surface area contributed by atoms with Crippen LogP contribution in [-0.4, -0.2) is 40.8 Å². The van der Waals surface area contributed by atoms with Crippen molar-refractivity contribution < 1.29 is 13.2 Å². The molecule has 1 fully saturated rings. The van der Waals surface area contributed by atoms with Gasteiger partial charge >= 0.3 is 6.18 Å². The number of hydrogen-bond donors (Lipinski definition) is 2. The summed E-state index contributed by atoms with van der Waals surface area (Å²) in [6.07, 6.45) is -1.69. The van der Waals surface area contributed by atoms with Gasteiger partial charge in [-0.1, -0.05) is 0 Å². The predicted octanol–water partition coefficient (Wildman–Crippen LogP) is 2.20. The fourth-order valence-electron chi connectivity index (χ4n) is 2.18. The molecule has 0 amide bonds. The molecule has 0 atom stereocenters. The van der Waals surface area contributed by atoms with Crippen molar-refractivity contribution in [3.8, 4) is 0 Å². The van der Waals surface area contributed by atoms with Crippen LogP contribution in [0.2, 0.25) is 0 Å². The molecule has 1 aromatic heterocycles. The molecule has 2 heterocycles. The summed E-state index contributed by atoms with van der Waals surface area (Å²) < 4.78 is 36.2. The van der Waals surface area contributed by atoms with Gasteiger partial charge in [0.15, 0.2) is 0 Å². The first-order valence-corrected chi connectivity index (χ1v) is 7.01. The highest BCUT2D eigenvalue weighted by atomic mass is 19.4. The van der Waals surface area contributed by atoms with Crippen LogP contribution in [0.3, 0.4) is 0 Å². The lowest BCUT2D eigenvalue weighted by Gasteiger charge is -2.26. The van der Waals surface area contributed by atoms with Crippen LogP contribution in [0, 0.1) is 0 Å². The number of piperidine rings is 1. The Labute approximate surface area is 121 Å². The quantitative estimate of drug-likeness (QED) is 0.812. The molecule has 0 unspecified atom stereocenters. The van der Waals surface area contributed by atoms with E-state index in [-0.39, 0.29) is 24.9 Å². The van der Waals surface area contributed by atoms with Crippen LogP contribution in [0.25, 0.3) is 0 Å². The average Bonchev–Trinajstić information content (AvgIpc) is 2.43. The topological polar surface area (TPSA) is 80.0 Å². The third-order valence-corrected chi connectivity index (χ3v) is 3.20. The van der Waals surface area contributed by atoms with Gasteiger partial charge in [0.2, 0.25) is 17.8 Å². The van der Waals surface area contributed by atoms with Crippen LogP contribution in [0.4, 0.5) is 31.0 Å². The summed E-state index contributed by atoms with van der Waals surface area (Å²) in [5.41, 5.74) is 5.63. The van der Waals surface area contributed by atoms with E-state index in [4.69, 9.17) is 5.73 Å². The van der Waals surface area contributed by atoms with Gasteiger partial charge in [0.25, 0.3) is 0 Å². The molecular formula is C12H19F3N6. The first-order chi connectivity index (χ1) is 9.94. The third kappa shape index (κ3) is 5.24. The molecule has 3 N–H and O–H groups in total. The number of anilines is 3. The molecule has 0 aliphatic carbocycles. The maximum Gasteiger partial charge on any atom is 0.389 e. The van der Waals surface area contributed by atoms with E-state index in [9.17, 15) is 13.2 Å². The van der Waals surface area contributed by atoms with Gasteiger partial charge in [-0.2, -0.15) is 28.1 Å². The van der Waals surface area contributed by atoms with Crippen LogP contribution < -0.4 is 16.0 Å². The fraction of sp³-hybridized carbons (Fsp3) is 0.750. The molecule has 6 nitrogen and oxygen atoms in total. The van der Waals surface area contributed by atoms with Crippen molar-refractivity contribution in [1.82, 2.24) is 15.0 Å². The first-order valence-electron chi connectivity index (χ1n) is 7.01. The Hall–Kier alpha value is -1.80. The minimum absolute atomic E-state index is 0.0336. The largest absolute Gasteiger partial charge is 0.389 e.